The molecule has 2 nitrogen and oxygen atoms in total. The zero-order valence-corrected chi connectivity index (χ0v) is 9.83. The van der Waals surface area contributed by atoms with Gasteiger partial charge in [0, 0.05) is 24.5 Å². The van der Waals surface area contributed by atoms with E-state index in [1.165, 1.54) is 16.8 Å². The first-order valence-corrected chi connectivity index (χ1v) is 5.68. The van der Waals surface area contributed by atoms with Crippen LogP contribution < -0.4 is 5.32 Å². The molecule has 2 rings (SSSR count). The van der Waals surface area contributed by atoms with E-state index in [0.717, 1.165) is 6.54 Å². The van der Waals surface area contributed by atoms with Gasteiger partial charge in [0.1, 0.15) is 0 Å². The number of hydrogen-bond donors (Lipinski definition) is 2. The number of benzene rings is 1. The fourth-order valence-electron chi connectivity index (χ4n) is 1.71. The summed E-state index contributed by atoms with van der Waals surface area (Å²) in [6.45, 7) is 5.18. The number of hydrogen-bond acceptors (Lipinski definition) is 1. The van der Waals surface area contributed by atoms with E-state index in [9.17, 15) is 0 Å². The van der Waals surface area contributed by atoms with Crippen molar-refractivity contribution in [3.05, 3.63) is 59.4 Å². The summed E-state index contributed by atoms with van der Waals surface area (Å²) in [5, 5.41) is 3.49. The first-order valence-electron chi connectivity index (χ1n) is 5.68. The zero-order chi connectivity index (χ0) is 11.4. The normalized spacial score (nSPS) is 12.6. The average Bonchev–Trinajstić information content (AvgIpc) is 2.80. The predicted molar refractivity (Wildman–Crippen MR) is 67.2 cm³/mol. The van der Waals surface area contributed by atoms with Gasteiger partial charge in [-0.25, -0.2) is 0 Å². The van der Waals surface area contributed by atoms with Crippen molar-refractivity contribution in [3.8, 4) is 0 Å². The molecule has 0 bridgehead atoms. The highest BCUT2D eigenvalue weighted by molar-refractivity contribution is 5.23. The first-order chi connectivity index (χ1) is 7.75. The summed E-state index contributed by atoms with van der Waals surface area (Å²) < 4.78 is 0. The lowest BCUT2D eigenvalue weighted by Gasteiger charge is -2.13. The van der Waals surface area contributed by atoms with E-state index < -0.39 is 0 Å². The summed E-state index contributed by atoms with van der Waals surface area (Å²) in [5.41, 5.74) is 3.86. The minimum atomic E-state index is 0.379. The van der Waals surface area contributed by atoms with Gasteiger partial charge in [0.2, 0.25) is 0 Å². The van der Waals surface area contributed by atoms with Crippen molar-refractivity contribution in [3.63, 3.8) is 0 Å². The van der Waals surface area contributed by atoms with Gasteiger partial charge in [-0.2, -0.15) is 0 Å². The fourth-order valence-corrected chi connectivity index (χ4v) is 1.71. The Labute approximate surface area is 96.7 Å². The third kappa shape index (κ3) is 2.74. The monoisotopic (exact) mass is 214 g/mol. The van der Waals surface area contributed by atoms with Crippen molar-refractivity contribution in [2.75, 3.05) is 0 Å². The molecule has 0 saturated heterocycles. The van der Waals surface area contributed by atoms with Crippen LogP contribution in [0.2, 0.25) is 0 Å². The Morgan fingerprint density at radius 3 is 2.56 bits per heavy atom. The van der Waals surface area contributed by atoms with Gasteiger partial charge in [-0.3, -0.25) is 0 Å². The van der Waals surface area contributed by atoms with Crippen LogP contribution in [0.4, 0.5) is 0 Å². The minimum absolute atomic E-state index is 0.379. The molecular weight excluding hydrogens is 196 g/mol. The molecule has 16 heavy (non-hydrogen) atoms. The Bertz CT molecular complexity index is 415. The maximum absolute atomic E-state index is 3.49. The molecule has 0 amide bonds. The molecule has 0 spiro atoms. The molecule has 2 aromatic rings. The Kier molecular flexibility index (Phi) is 3.42. The fraction of sp³-hybridized carbons (Fsp3) is 0.286. The number of aryl methyl sites for hydroxylation is 1. The highest BCUT2D eigenvalue weighted by atomic mass is 14.9. The largest absolute Gasteiger partial charge is 0.364 e. The predicted octanol–water partition coefficient (Wildman–Crippen LogP) is 3.17. The Morgan fingerprint density at radius 2 is 1.94 bits per heavy atom. The SMILES string of the molecule is Cc1ccc(C(C)NCc2ccc[nH]2)cc1. The molecule has 0 fully saturated rings. The Hall–Kier alpha value is -1.54. The van der Waals surface area contributed by atoms with Crippen LogP contribution in [0.15, 0.2) is 42.6 Å². The second-order valence-corrected chi connectivity index (χ2v) is 4.21. The summed E-state index contributed by atoms with van der Waals surface area (Å²) in [5.74, 6) is 0. The van der Waals surface area contributed by atoms with Crippen LogP contribution in [0.25, 0.3) is 0 Å². The van der Waals surface area contributed by atoms with Gasteiger partial charge < -0.3 is 10.3 Å². The maximum atomic E-state index is 3.49. The third-order valence-corrected chi connectivity index (χ3v) is 2.84. The molecular formula is C14H18N2. The molecule has 84 valence electrons. The van der Waals surface area contributed by atoms with Crippen LogP contribution in [0, 0.1) is 6.92 Å². The lowest BCUT2D eigenvalue weighted by Crippen LogP contribution is -2.18. The quantitative estimate of drug-likeness (QED) is 0.803. The summed E-state index contributed by atoms with van der Waals surface area (Å²) in [7, 11) is 0. The second-order valence-electron chi connectivity index (χ2n) is 4.21. The van der Waals surface area contributed by atoms with E-state index in [-0.39, 0.29) is 0 Å². The standard InChI is InChI=1S/C14H18N2/c1-11-5-7-13(8-6-11)12(2)16-10-14-4-3-9-15-14/h3-9,12,15-16H,10H2,1-2H3. The number of H-pyrrole nitrogens is 1. The Balaban J connectivity index is 1.93. The van der Waals surface area contributed by atoms with Crippen molar-refractivity contribution in [2.45, 2.75) is 26.4 Å². The topological polar surface area (TPSA) is 27.8 Å². The van der Waals surface area contributed by atoms with Crippen LogP contribution >= 0.6 is 0 Å². The molecule has 0 saturated carbocycles. The highest BCUT2D eigenvalue weighted by Crippen LogP contribution is 2.13. The van der Waals surface area contributed by atoms with E-state index in [1.54, 1.807) is 0 Å². The Morgan fingerprint density at radius 1 is 1.19 bits per heavy atom. The van der Waals surface area contributed by atoms with Crippen LogP contribution in [-0.2, 0) is 6.54 Å². The number of aromatic amines is 1. The molecule has 1 atom stereocenters. The van der Waals surface area contributed by atoms with E-state index in [2.05, 4.69) is 54.5 Å². The van der Waals surface area contributed by atoms with Gasteiger partial charge in [-0.15, -0.1) is 0 Å². The molecule has 0 aliphatic carbocycles. The number of rotatable bonds is 4. The summed E-state index contributed by atoms with van der Waals surface area (Å²) >= 11 is 0. The van der Waals surface area contributed by atoms with Gasteiger partial charge in [-0.05, 0) is 31.5 Å². The van der Waals surface area contributed by atoms with E-state index in [4.69, 9.17) is 0 Å². The van der Waals surface area contributed by atoms with Gasteiger partial charge in [0.15, 0.2) is 0 Å². The van der Waals surface area contributed by atoms with Gasteiger partial charge in [0.05, 0.1) is 0 Å². The van der Waals surface area contributed by atoms with E-state index >= 15 is 0 Å². The first kappa shape index (κ1) is 11.0. The van der Waals surface area contributed by atoms with Crippen LogP contribution in [0.1, 0.15) is 29.8 Å². The molecule has 0 aliphatic rings. The molecule has 0 aliphatic heterocycles. The molecule has 1 unspecified atom stereocenters. The van der Waals surface area contributed by atoms with Crippen LogP contribution in [-0.4, -0.2) is 4.98 Å². The molecule has 1 heterocycles. The zero-order valence-electron chi connectivity index (χ0n) is 9.83. The smallest absolute Gasteiger partial charge is 0.0362 e. The molecule has 2 N–H and O–H groups in total. The maximum Gasteiger partial charge on any atom is 0.0362 e. The number of aromatic nitrogens is 1. The van der Waals surface area contributed by atoms with Crippen molar-refractivity contribution < 1.29 is 0 Å². The minimum Gasteiger partial charge on any atom is -0.364 e. The molecule has 0 radical (unpaired) electrons. The molecule has 1 aromatic carbocycles. The van der Waals surface area contributed by atoms with Crippen molar-refractivity contribution in [2.24, 2.45) is 0 Å². The summed E-state index contributed by atoms with van der Waals surface area (Å²) in [4.78, 5) is 3.19. The summed E-state index contributed by atoms with van der Waals surface area (Å²) in [6.07, 6.45) is 1.95. The third-order valence-electron chi connectivity index (χ3n) is 2.84. The number of nitrogens with one attached hydrogen (secondary N) is 2. The molecule has 1 aromatic heterocycles. The van der Waals surface area contributed by atoms with E-state index in [0.29, 0.717) is 6.04 Å². The van der Waals surface area contributed by atoms with Gasteiger partial charge >= 0.3 is 0 Å². The summed E-state index contributed by atoms with van der Waals surface area (Å²) in [6, 6.07) is 13.2. The van der Waals surface area contributed by atoms with Gasteiger partial charge in [0.25, 0.3) is 0 Å². The van der Waals surface area contributed by atoms with Crippen molar-refractivity contribution in [1.29, 1.82) is 0 Å². The van der Waals surface area contributed by atoms with Crippen LogP contribution in [0.5, 0.6) is 0 Å². The molecule has 2 heteroatoms. The average molecular weight is 214 g/mol. The lowest BCUT2D eigenvalue weighted by molar-refractivity contribution is 0.569. The lowest BCUT2D eigenvalue weighted by atomic mass is 10.1. The van der Waals surface area contributed by atoms with Crippen LogP contribution in [0.3, 0.4) is 0 Å². The highest BCUT2D eigenvalue weighted by Gasteiger charge is 2.04. The van der Waals surface area contributed by atoms with Crippen molar-refractivity contribution in [1.82, 2.24) is 10.3 Å². The van der Waals surface area contributed by atoms with Crippen molar-refractivity contribution >= 4 is 0 Å². The second kappa shape index (κ2) is 4.99. The van der Waals surface area contributed by atoms with Gasteiger partial charge in [-0.1, -0.05) is 29.8 Å². The van der Waals surface area contributed by atoms with E-state index in [1.807, 2.05) is 12.3 Å².